The van der Waals surface area contributed by atoms with Gasteiger partial charge in [0.25, 0.3) is 0 Å². The number of rotatable bonds is 12. The summed E-state index contributed by atoms with van der Waals surface area (Å²) in [7, 11) is 0. The highest BCUT2D eigenvalue weighted by molar-refractivity contribution is 5.96. The number of benzene rings is 1. The molecule has 2 aliphatic carbocycles. The number of carbonyl (C=O) groups excluding carboxylic acids is 2. The van der Waals surface area contributed by atoms with Crippen LogP contribution in [-0.4, -0.2) is 40.7 Å². The van der Waals surface area contributed by atoms with Gasteiger partial charge in [-0.3, -0.25) is 9.79 Å². The summed E-state index contributed by atoms with van der Waals surface area (Å²) in [6.45, 7) is 3.60. The van der Waals surface area contributed by atoms with Crippen molar-refractivity contribution < 1.29 is 9.59 Å². The van der Waals surface area contributed by atoms with Gasteiger partial charge in [-0.2, -0.15) is 0 Å². The van der Waals surface area contributed by atoms with Gasteiger partial charge in [0.05, 0.1) is 5.84 Å². The lowest BCUT2D eigenvalue weighted by molar-refractivity contribution is -0.129. The largest absolute Gasteiger partial charge is 0.387 e. The van der Waals surface area contributed by atoms with Crippen molar-refractivity contribution in [3.05, 3.63) is 35.4 Å². The van der Waals surface area contributed by atoms with Crippen LogP contribution in [0.3, 0.4) is 0 Å². The number of unbranched alkanes of at least 4 members (excludes halogenated alkanes) is 1. The fourth-order valence-electron chi connectivity index (χ4n) is 8.33. The smallest absolute Gasteiger partial charge is 0.318 e. The van der Waals surface area contributed by atoms with Crippen LogP contribution in [0.25, 0.3) is 0 Å². The standard InChI is InChI=1S/C36H56N4O2/c1-2-3-14-32-26-40(35(42)38-32)25-30-17-15-28(16-18-30)23-31-19-20-33(37)39-36(34(31)41,24-29-12-8-5-9-13-29)22-21-27-10-6-4-7-11-27/h15-18,27,29,31-32H,2-14,19-26H2,1H3,(H2,37,39)(H,38,42)/t31?,32?,36-/m1/s1. The second kappa shape index (κ2) is 14.9. The van der Waals surface area contributed by atoms with Crippen molar-refractivity contribution in [3.63, 3.8) is 0 Å². The van der Waals surface area contributed by atoms with E-state index < -0.39 is 5.54 Å². The van der Waals surface area contributed by atoms with Gasteiger partial charge in [-0.1, -0.05) is 108 Å². The van der Waals surface area contributed by atoms with E-state index in [0.29, 0.717) is 30.5 Å². The predicted molar refractivity (Wildman–Crippen MR) is 171 cm³/mol. The molecule has 2 amide bonds. The van der Waals surface area contributed by atoms with Crippen LogP contribution in [0.5, 0.6) is 0 Å². The zero-order valence-electron chi connectivity index (χ0n) is 26.3. The van der Waals surface area contributed by atoms with E-state index in [1.54, 1.807) is 0 Å². The van der Waals surface area contributed by atoms with Gasteiger partial charge in [-0.05, 0) is 61.5 Å². The summed E-state index contributed by atoms with van der Waals surface area (Å²) >= 11 is 0. The maximum absolute atomic E-state index is 14.6. The van der Waals surface area contributed by atoms with Crippen molar-refractivity contribution >= 4 is 17.6 Å². The summed E-state index contributed by atoms with van der Waals surface area (Å²) in [4.78, 5) is 34.2. The minimum atomic E-state index is -0.637. The van der Waals surface area contributed by atoms with Crippen LogP contribution in [0.1, 0.15) is 134 Å². The summed E-state index contributed by atoms with van der Waals surface area (Å²) in [5.41, 5.74) is 8.25. The van der Waals surface area contributed by atoms with Crippen LogP contribution >= 0.6 is 0 Å². The number of nitrogens with two attached hydrogens (primary N) is 1. The first-order valence-corrected chi connectivity index (χ1v) is 17.5. The molecule has 6 nitrogen and oxygen atoms in total. The number of aliphatic imine (C=N–C) groups is 1. The van der Waals surface area contributed by atoms with Crippen molar-refractivity contribution in [2.75, 3.05) is 6.54 Å². The summed E-state index contributed by atoms with van der Waals surface area (Å²) in [6, 6.07) is 8.94. The van der Waals surface area contributed by atoms with Crippen molar-refractivity contribution in [2.24, 2.45) is 28.5 Å². The van der Waals surface area contributed by atoms with Crippen LogP contribution in [0.15, 0.2) is 29.3 Å². The first-order valence-electron chi connectivity index (χ1n) is 17.5. The fraction of sp³-hybridized carbons (Fsp3) is 0.750. The molecule has 4 aliphatic rings. The number of Topliss-reactive ketones (excluding diaryl/α,β-unsaturated/α-hetero) is 1. The number of amidine groups is 1. The molecule has 6 heteroatoms. The van der Waals surface area contributed by atoms with E-state index in [1.807, 2.05) is 4.90 Å². The van der Waals surface area contributed by atoms with E-state index in [2.05, 4.69) is 36.5 Å². The van der Waals surface area contributed by atoms with E-state index in [9.17, 15) is 9.59 Å². The average molecular weight is 577 g/mol. The van der Waals surface area contributed by atoms with Gasteiger partial charge in [-0.25, -0.2) is 4.79 Å². The number of ketones is 1. The van der Waals surface area contributed by atoms with Crippen molar-refractivity contribution in [1.82, 2.24) is 10.2 Å². The van der Waals surface area contributed by atoms with Gasteiger partial charge in [0.1, 0.15) is 5.54 Å². The molecule has 3 fully saturated rings. The van der Waals surface area contributed by atoms with Crippen LogP contribution in [-0.2, 0) is 17.8 Å². The Balaban J connectivity index is 1.26. The molecule has 1 aromatic rings. The molecule has 2 heterocycles. The topological polar surface area (TPSA) is 87.8 Å². The van der Waals surface area contributed by atoms with E-state index in [4.69, 9.17) is 10.7 Å². The van der Waals surface area contributed by atoms with Gasteiger partial charge in [0.15, 0.2) is 5.78 Å². The number of nitrogens with one attached hydrogen (secondary N) is 1. The predicted octanol–water partition coefficient (Wildman–Crippen LogP) is 7.72. The third-order valence-electron chi connectivity index (χ3n) is 10.8. The summed E-state index contributed by atoms with van der Waals surface area (Å²) in [5, 5.41) is 3.14. The first-order chi connectivity index (χ1) is 20.4. The van der Waals surface area contributed by atoms with Gasteiger partial charge in [-0.15, -0.1) is 0 Å². The Labute approximate surface area is 254 Å². The molecule has 2 saturated carbocycles. The number of amides is 2. The Morgan fingerprint density at radius 2 is 1.57 bits per heavy atom. The minimum absolute atomic E-state index is 0.0423. The highest BCUT2D eigenvalue weighted by atomic mass is 16.2. The summed E-state index contributed by atoms with van der Waals surface area (Å²) in [5.74, 6) is 2.34. The van der Waals surface area contributed by atoms with Gasteiger partial charge >= 0.3 is 6.03 Å². The molecule has 0 spiro atoms. The highest BCUT2D eigenvalue weighted by Crippen LogP contribution is 2.41. The van der Waals surface area contributed by atoms with Crippen molar-refractivity contribution in [2.45, 2.75) is 147 Å². The SMILES string of the molecule is CCCCC1CN(Cc2ccc(CC3CCC(N)=N[C@](CCC4CCCCC4)(CC4CCCCC4)C3=O)cc2)C(=O)N1. The Morgan fingerprint density at radius 1 is 0.905 bits per heavy atom. The van der Waals surface area contributed by atoms with Gasteiger partial charge in [0, 0.05) is 31.5 Å². The lowest BCUT2D eigenvalue weighted by Gasteiger charge is -2.36. The highest BCUT2D eigenvalue weighted by Gasteiger charge is 2.45. The molecule has 3 N–H and O–H groups in total. The van der Waals surface area contributed by atoms with Crippen LogP contribution in [0, 0.1) is 17.8 Å². The van der Waals surface area contributed by atoms with E-state index in [1.165, 1.54) is 69.8 Å². The first kappa shape index (κ1) is 31.1. The molecule has 1 aromatic carbocycles. The van der Waals surface area contributed by atoms with Crippen molar-refractivity contribution in [3.8, 4) is 0 Å². The van der Waals surface area contributed by atoms with Crippen LogP contribution in [0.4, 0.5) is 4.79 Å². The second-order valence-electron chi connectivity index (χ2n) is 14.2. The Kier molecular flexibility index (Phi) is 11.0. The Morgan fingerprint density at radius 3 is 2.26 bits per heavy atom. The van der Waals surface area contributed by atoms with E-state index >= 15 is 0 Å². The summed E-state index contributed by atoms with van der Waals surface area (Å²) in [6.07, 6.45) is 21.5. The molecular weight excluding hydrogens is 520 g/mol. The second-order valence-corrected chi connectivity index (χ2v) is 14.2. The monoisotopic (exact) mass is 576 g/mol. The fourth-order valence-corrected chi connectivity index (χ4v) is 8.33. The van der Waals surface area contributed by atoms with E-state index in [0.717, 1.165) is 69.4 Å². The van der Waals surface area contributed by atoms with E-state index in [-0.39, 0.29) is 18.0 Å². The normalized spacial score (nSPS) is 28.0. The molecule has 0 radical (unpaired) electrons. The van der Waals surface area contributed by atoms with Crippen LogP contribution < -0.4 is 11.1 Å². The lowest BCUT2D eigenvalue weighted by atomic mass is 9.70. The zero-order chi connectivity index (χ0) is 29.4. The van der Waals surface area contributed by atoms with Crippen LogP contribution in [0.2, 0.25) is 0 Å². The average Bonchev–Trinajstić information content (AvgIpc) is 3.31. The molecule has 232 valence electrons. The van der Waals surface area contributed by atoms with Gasteiger partial charge < -0.3 is 16.0 Å². The number of carbonyl (C=O) groups is 2. The third kappa shape index (κ3) is 8.17. The number of hydrogen-bond acceptors (Lipinski definition) is 4. The maximum atomic E-state index is 14.6. The molecular formula is C36H56N4O2. The molecule has 2 unspecified atom stereocenters. The number of hydrogen-bond donors (Lipinski definition) is 2. The van der Waals surface area contributed by atoms with Gasteiger partial charge in [0.2, 0.25) is 0 Å². The zero-order valence-corrected chi connectivity index (χ0v) is 26.3. The van der Waals surface area contributed by atoms with Crippen molar-refractivity contribution in [1.29, 1.82) is 0 Å². The molecule has 1 saturated heterocycles. The molecule has 5 rings (SSSR count). The molecule has 0 bridgehead atoms. The number of nitrogens with zero attached hydrogens (tertiary/aromatic N) is 2. The Hall–Kier alpha value is -2.37. The third-order valence-corrected chi connectivity index (χ3v) is 10.8. The summed E-state index contributed by atoms with van der Waals surface area (Å²) < 4.78 is 0. The molecule has 3 atom stereocenters. The minimum Gasteiger partial charge on any atom is -0.387 e. The quantitative estimate of drug-likeness (QED) is 0.267. The Bertz CT molecular complexity index is 1060. The molecule has 0 aromatic heterocycles. The number of urea groups is 1. The molecule has 2 aliphatic heterocycles. The lowest BCUT2D eigenvalue weighted by Crippen LogP contribution is -2.44. The maximum Gasteiger partial charge on any atom is 0.318 e. The molecule has 42 heavy (non-hydrogen) atoms.